The molecule has 174 valence electrons. The van der Waals surface area contributed by atoms with Crippen molar-refractivity contribution in [1.29, 1.82) is 0 Å². The topological polar surface area (TPSA) is 81.7 Å². The fraction of sp³-hybridized carbons (Fsp3) is 0.640. The van der Waals surface area contributed by atoms with Gasteiger partial charge >= 0.3 is 11.9 Å². The summed E-state index contributed by atoms with van der Waals surface area (Å²) in [4.78, 5) is 37.3. The first-order chi connectivity index (χ1) is 14.9. The van der Waals surface area contributed by atoms with Crippen LogP contribution in [0.25, 0.3) is 0 Å². The molecule has 6 nitrogen and oxygen atoms in total. The molecule has 0 bridgehead atoms. The van der Waals surface area contributed by atoms with Crippen molar-refractivity contribution in [1.82, 2.24) is 5.32 Å². The number of hydrogen-bond acceptors (Lipinski definition) is 5. The molecule has 1 aromatic carbocycles. The Hall–Kier alpha value is -2.37. The number of unbranched alkanes of at least 4 members (excludes halogenated alkanes) is 6. The number of aryl methyl sites for hydroxylation is 1. The average Bonchev–Trinajstić information content (AvgIpc) is 2.73. The lowest BCUT2D eigenvalue weighted by atomic mass is 9.89. The van der Waals surface area contributed by atoms with Gasteiger partial charge in [0.2, 0.25) is 11.4 Å². The molecule has 0 aliphatic carbocycles. The number of esters is 2. The quantitative estimate of drug-likeness (QED) is 0.250. The van der Waals surface area contributed by atoms with Crippen LogP contribution in [0.5, 0.6) is 0 Å². The second kappa shape index (κ2) is 14.6. The standard InChI is InChI=1S/C25H39NO5/c1-5-8-9-10-11-12-13-14-21-15-17-22(18-16-21)19-25(26-20(4)27,23(28)30-6-2)24(29)31-7-3/h15-18H,5-14,19H2,1-4H3,(H,26,27). The van der Waals surface area contributed by atoms with E-state index in [1.165, 1.54) is 51.0 Å². The van der Waals surface area contributed by atoms with E-state index in [-0.39, 0.29) is 19.6 Å². The molecule has 0 aromatic heterocycles. The molecular weight excluding hydrogens is 394 g/mol. The Balaban J connectivity index is 2.83. The van der Waals surface area contributed by atoms with Crippen LogP contribution in [-0.4, -0.2) is 36.6 Å². The van der Waals surface area contributed by atoms with E-state index in [4.69, 9.17) is 9.47 Å². The van der Waals surface area contributed by atoms with Gasteiger partial charge in [0.25, 0.3) is 0 Å². The van der Waals surface area contributed by atoms with Gasteiger partial charge in [-0.25, -0.2) is 9.59 Å². The molecule has 1 amide bonds. The van der Waals surface area contributed by atoms with Crippen LogP contribution in [0.1, 0.15) is 83.8 Å². The van der Waals surface area contributed by atoms with Crippen molar-refractivity contribution in [3.8, 4) is 0 Å². The highest BCUT2D eigenvalue weighted by Crippen LogP contribution is 2.20. The summed E-state index contributed by atoms with van der Waals surface area (Å²) in [6, 6.07) is 7.82. The number of nitrogens with one attached hydrogen (secondary N) is 1. The molecule has 0 heterocycles. The molecule has 0 unspecified atom stereocenters. The maximum absolute atomic E-state index is 12.7. The zero-order valence-corrected chi connectivity index (χ0v) is 19.6. The lowest BCUT2D eigenvalue weighted by Gasteiger charge is -2.29. The van der Waals surface area contributed by atoms with Gasteiger partial charge in [-0.05, 0) is 37.8 Å². The van der Waals surface area contributed by atoms with Gasteiger partial charge in [0.15, 0.2) is 0 Å². The molecule has 0 saturated heterocycles. The molecule has 0 fully saturated rings. The van der Waals surface area contributed by atoms with E-state index < -0.39 is 23.4 Å². The molecule has 6 heteroatoms. The number of hydrogen-bond donors (Lipinski definition) is 1. The van der Waals surface area contributed by atoms with Crippen molar-refractivity contribution in [2.24, 2.45) is 0 Å². The smallest absolute Gasteiger partial charge is 0.344 e. The Kier molecular flexibility index (Phi) is 12.6. The zero-order chi connectivity index (χ0) is 23.1. The number of carbonyl (C=O) groups excluding carboxylic acids is 3. The highest BCUT2D eigenvalue weighted by molar-refractivity contribution is 6.08. The second-order valence-electron chi connectivity index (χ2n) is 7.89. The van der Waals surface area contributed by atoms with Crippen molar-refractivity contribution in [2.75, 3.05) is 13.2 Å². The van der Waals surface area contributed by atoms with Crippen LogP contribution in [-0.2, 0) is 36.7 Å². The fourth-order valence-corrected chi connectivity index (χ4v) is 3.60. The molecule has 0 saturated carbocycles. The molecule has 0 aliphatic rings. The predicted octanol–water partition coefficient (Wildman–Crippen LogP) is 4.52. The SMILES string of the molecule is CCCCCCCCCc1ccc(CC(NC(C)=O)(C(=O)OCC)C(=O)OCC)cc1. The Labute approximate surface area is 187 Å². The lowest BCUT2D eigenvalue weighted by molar-refractivity contribution is -0.168. The normalized spacial score (nSPS) is 11.1. The van der Waals surface area contributed by atoms with Crippen molar-refractivity contribution < 1.29 is 23.9 Å². The van der Waals surface area contributed by atoms with E-state index in [9.17, 15) is 14.4 Å². The van der Waals surface area contributed by atoms with Crippen LogP contribution in [0, 0.1) is 0 Å². The van der Waals surface area contributed by atoms with Crippen LogP contribution < -0.4 is 5.32 Å². The minimum atomic E-state index is -1.89. The molecule has 31 heavy (non-hydrogen) atoms. The fourth-order valence-electron chi connectivity index (χ4n) is 3.60. The summed E-state index contributed by atoms with van der Waals surface area (Å²) >= 11 is 0. The van der Waals surface area contributed by atoms with Crippen molar-refractivity contribution in [3.05, 3.63) is 35.4 Å². The third-order valence-electron chi connectivity index (χ3n) is 5.20. The van der Waals surface area contributed by atoms with E-state index in [0.29, 0.717) is 0 Å². The van der Waals surface area contributed by atoms with Crippen LogP contribution in [0.3, 0.4) is 0 Å². The summed E-state index contributed by atoms with van der Waals surface area (Å²) in [6.45, 7) is 6.98. The molecule has 1 N–H and O–H groups in total. The van der Waals surface area contributed by atoms with Gasteiger partial charge < -0.3 is 14.8 Å². The number of benzene rings is 1. The molecule has 0 atom stereocenters. The Morgan fingerprint density at radius 2 is 1.26 bits per heavy atom. The minimum Gasteiger partial charge on any atom is -0.464 e. The molecule has 1 aromatic rings. The number of amides is 1. The first-order valence-electron chi connectivity index (χ1n) is 11.6. The summed E-state index contributed by atoms with van der Waals surface area (Å²) in [5.74, 6) is -2.12. The van der Waals surface area contributed by atoms with E-state index in [1.807, 2.05) is 24.3 Å². The first-order valence-corrected chi connectivity index (χ1v) is 11.6. The van der Waals surface area contributed by atoms with Gasteiger partial charge in [0, 0.05) is 13.3 Å². The summed E-state index contributed by atoms with van der Waals surface area (Å²) in [7, 11) is 0. The zero-order valence-electron chi connectivity index (χ0n) is 19.6. The third-order valence-corrected chi connectivity index (χ3v) is 5.20. The van der Waals surface area contributed by atoms with E-state index >= 15 is 0 Å². The van der Waals surface area contributed by atoms with E-state index in [1.54, 1.807) is 13.8 Å². The summed E-state index contributed by atoms with van der Waals surface area (Å²) < 4.78 is 10.2. The van der Waals surface area contributed by atoms with Crippen molar-refractivity contribution in [3.63, 3.8) is 0 Å². The minimum absolute atomic E-state index is 0.0258. The Morgan fingerprint density at radius 3 is 1.74 bits per heavy atom. The Morgan fingerprint density at radius 1 is 0.774 bits per heavy atom. The lowest BCUT2D eigenvalue weighted by Crippen LogP contribution is -2.62. The maximum atomic E-state index is 12.7. The monoisotopic (exact) mass is 433 g/mol. The van der Waals surface area contributed by atoms with Gasteiger partial charge in [-0.2, -0.15) is 0 Å². The van der Waals surface area contributed by atoms with Gasteiger partial charge in [-0.3, -0.25) is 4.79 Å². The molecule has 1 rings (SSSR count). The van der Waals surface area contributed by atoms with Crippen LogP contribution >= 0.6 is 0 Å². The van der Waals surface area contributed by atoms with Crippen LogP contribution in [0.4, 0.5) is 0 Å². The second-order valence-corrected chi connectivity index (χ2v) is 7.89. The molecule has 0 radical (unpaired) electrons. The highest BCUT2D eigenvalue weighted by Gasteiger charge is 2.50. The third kappa shape index (κ3) is 9.11. The first kappa shape index (κ1) is 26.7. The summed E-state index contributed by atoms with van der Waals surface area (Å²) in [5, 5.41) is 2.50. The molecular formula is C25H39NO5. The summed E-state index contributed by atoms with van der Waals surface area (Å²) in [6.07, 6.45) is 9.83. The maximum Gasteiger partial charge on any atom is 0.344 e. The Bertz CT molecular complexity index is 666. The van der Waals surface area contributed by atoms with Gasteiger partial charge in [-0.15, -0.1) is 0 Å². The molecule has 0 aliphatic heterocycles. The van der Waals surface area contributed by atoms with Crippen LogP contribution in [0.15, 0.2) is 24.3 Å². The predicted molar refractivity (Wildman–Crippen MR) is 122 cm³/mol. The number of rotatable bonds is 15. The van der Waals surface area contributed by atoms with Gasteiger partial charge in [0.05, 0.1) is 13.2 Å². The van der Waals surface area contributed by atoms with Crippen molar-refractivity contribution in [2.45, 2.75) is 91.0 Å². The van der Waals surface area contributed by atoms with Crippen LogP contribution in [0.2, 0.25) is 0 Å². The highest BCUT2D eigenvalue weighted by atomic mass is 16.6. The molecule has 0 spiro atoms. The van der Waals surface area contributed by atoms with E-state index in [2.05, 4.69) is 12.2 Å². The van der Waals surface area contributed by atoms with Gasteiger partial charge in [0.1, 0.15) is 0 Å². The average molecular weight is 434 g/mol. The van der Waals surface area contributed by atoms with E-state index in [0.717, 1.165) is 18.4 Å². The number of ether oxygens (including phenoxy) is 2. The number of carbonyl (C=O) groups is 3. The van der Waals surface area contributed by atoms with Gasteiger partial charge in [-0.1, -0.05) is 69.7 Å². The largest absolute Gasteiger partial charge is 0.464 e. The summed E-state index contributed by atoms with van der Waals surface area (Å²) in [5.41, 5.74) is 0.0746. The van der Waals surface area contributed by atoms with Crippen molar-refractivity contribution >= 4 is 17.8 Å².